The van der Waals surface area contributed by atoms with E-state index in [-0.39, 0.29) is 5.03 Å². The normalized spacial score (nSPS) is 12.8. The summed E-state index contributed by atoms with van der Waals surface area (Å²) in [6.07, 6.45) is 0. The van der Waals surface area contributed by atoms with E-state index in [1.165, 1.54) is 6.92 Å². The molecule has 0 aromatic heterocycles. The summed E-state index contributed by atoms with van der Waals surface area (Å²) in [7, 11) is 0. The first-order valence-corrected chi connectivity index (χ1v) is 2.66. The molecule has 0 rings (SSSR count). The van der Waals surface area contributed by atoms with Gasteiger partial charge in [0.1, 0.15) is 17.4 Å². The molecule has 0 radical (unpaired) electrons. The van der Waals surface area contributed by atoms with Gasteiger partial charge in [0.05, 0.1) is 0 Å². The molecule has 0 spiro atoms. The summed E-state index contributed by atoms with van der Waals surface area (Å²) >= 11 is 5.19. The highest BCUT2D eigenvalue weighted by Gasteiger charge is 2.05. The summed E-state index contributed by atoms with van der Waals surface area (Å²) in [6.45, 7) is 0.604. The van der Waals surface area contributed by atoms with Gasteiger partial charge in [-0.25, -0.2) is 0 Å². The summed E-state index contributed by atoms with van der Waals surface area (Å²) < 4.78 is 0. The molecule has 52 valence electrons. The Morgan fingerprint density at radius 3 is 2.22 bits per heavy atom. The zero-order valence-corrected chi connectivity index (χ0v) is 5.64. The van der Waals surface area contributed by atoms with Gasteiger partial charge in [-0.15, -0.1) is 0 Å². The maximum absolute atomic E-state index is 10.3. The van der Waals surface area contributed by atoms with Crippen molar-refractivity contribution in [3.05, 3.63) is 10.8 Å². The smallest absolute Gasteiger partial charge is 0.174 e. The van der Waals surface area contributed by atoms with Gasteiger partial charge in [-0.2, -0.15) is 0 Å². The molecule has 0 aliphatic rings. The summed E-state index contributed by atoms with van der Waals surface area (Å²) in [4.78, 5) is 10.3. The van der Waals surface area contributed by atoms with Gasteiger partial charge in [0.25, 0.3) is 0 Å². The molecule has 2 N–H and O–H groups in total. The molecule has 0 saturated carbocycles. The highest BCUT2D eigenvalue weighted by molar-refractivity contribution is 6.42. The lowest BCUT2D eigenvalue weighted by Crippen LogP contribution is -1.98. The quantitative estimate of drug-likeness (QED) is 0.447. The predicted octanol–water partition coefficient (Wildman–Crippen LogP) is 0.576. The first-order valence-electron chi connectivity index (χ1n) is 2.29. The highest BCUT2D eigenvalue weighted by Crippen LogP contribution is 2.06. The Bertz CT molecular complexity index is 150. The van der Waals surface area contributed by atoms with Crippen LogP contribution in [0, 0.1) is 0 Å². The zero-order chi connectivity index (χ0) is 7.44. The number of ketones is 1. The Morgan fingerprint density at radius 2 is 2.11 bits per heavy atom. The summed E-state index contributed by atoms with van der Waals surface area (Å²) in [5, 5.41) is 16.5. The molecule has 0 aromatic carbocycles. The van der Waals surface area contributed by atoms with Crippen molar-refractivity contribution in [2.45, 2.75) is 6.92 Å². The number of Topliss-reactive ketones (excluding diaryl/α,β-unsaturated/α-hetero) is 1. The van der Waals surface area contributed by atoms with Crippen LogP contribution in [0.2, 0.25) is 0 Å². The predicted molar refractivity (Wildman–Crippen MR) is 33.3 cm³/mol. The van der Waals surface area contributed by atoms with Crippen molar-refractivity contribution >= 4 is 17.4 Å². The summed E-state index contributed by atoms with van der Waals surface area (Å²) in [6, 6.07) is 0. The van der Waals surface area contributed by atoms with Crippen LogP contribution in [0.3, 0.4) is 0 Å². The Kier molecular flexibility index (Phi) is 3.27. The first-order chi connectivity index (χ1) is 4.09. The highest BCUT2D eigenvalue weighted by atomic mass is 35.5. The van der Waals surface area contributed by atoms with E-state index in [0.717, 1.165) is 0 Å². The van der Waals surface area contributed by atoms with Crippen LogP contribution in [0.25, 0.3) is 0 Å². The molecule has 0 saturated heterocycles. The van der Waals surface area contributed by atoms with Gasteiger partial charge in [0.2, 0.25) is 0 Å². The van der Waals surface area contributed by atoms with Crippen LogP contribution >= 0.6 is 11.6 Å². The number of aliphatic hydroxyl groups is 2. The van der Waals surface area contributed by atoms with Crippen molar-refractivity contribution in [1.29, 1.82) is 0 Å². The Balaban J connectivity index is 4.28. The lowest BCUT2D eigenvalue weighted by atomic mass is 10.3. The van der Waals surface area contributed by atoms with Crippen molar-refractivity contribution in [3.8, 4) is 0 Å². The minimum atomic E-state index is -0.599. The third-order valence-electron chi connectivity index (χ3n) is 0.712. The lowest BCUT2D eigenvalue weighted by molar-refractivity contribution is -0.113. The Morgan fingerprint density at radius 1 is 1.67 bits per heavy atom. The number of carbonyl (C=O) groups excluding carboxylic acids is 1. The van der Waals surface area contributed by atoms with Crippen molar-refractivity contribution in [2.75, 3.05) is 6.61 Å². The van der Waals surface area contributed by atoms with Crippen LogP contribution in [-0.4, -0.2) is 22.6 Å². The average molecular weight is 151 g/mol. The van der Waals surface area contributed by atoms with Crippen LogP contribution in [-0.2, 0) is 4.79 Å². The van der Waals surface area contributed by atoms with Crippen molar-refractivity contribution in [1.82, 2.24) is 0 Å². The molecule has 4 heteroatoms. The maximum atomic E-state index is 10.3. The maximum Gasteiger partial charge on any atom is 0.174 e. The van der Waals surface area contributed by atoms with E-state index < -0.39 is 18.1 Å². The molecule has 0 aliphatic heterocycles. The van der Waals surface area contributed by atoms with Crippen LogP contribution < -0.4 is 0 Å². The number of hydrogen-bond acceptors (Lipinski definition) is 3. The van der Waals surface area contributed by atoms with Gasteiger partial charge in [-0.05, 0) is 0 Å². The number of carbonyl (C=O) groups is 1. The monoisotopic (exact) mass is 150 g/mol. The molecule has 0 heterocycles. The van der Waals surface area contributed by atoms with E-state index >= 15 is 0 Å². The zero-order valence-electron chi connectivity index (χ0n) is 4.89. The third kappa shape index (κ3) is 2.49. The van der Waals surface area contributed by atoms with Crippen molar-refractivity contribution in [2.24, 2.45) is 0 Å². The van der Waals surface area contributed by atoms with E-state index in [1.54, 1.807) is 0 Å². The molecule has 0 atom stereocenters. The van der Waals surface area contributed by atoms with Crippen LogP contribution in [0.1, 0.15) is 6.92 Å². The minimum absolute atomic E-state index is 0.308. The van der Waals surface area contributed by atoms with Gasteiger partial charge in [0, 0.05) is 6.92 Å². The molecule has 0 bridgehead atoms. The van der Waals surface area contributed by atoms with Crippen LogP contribution in [0.15, 0.2) is 10.8 Å². The number of hydrogen-bond donors (Lipinski definition) is 2. The van der Waals surface area contributed by atoms with Gasteiger partial charge in [-0.1, -0.05) is 11.6 Å². The Labute approximate surface area is 57.6 Å². The van der Waals surface area contributed by atoms with Crippen LogP contribution in [0.5, 0.6) is 0 Å². The van der Waals surface area contributed by atoms with E-state index in [9.17, 15) is 4.79 Å². The molecule has 0 aliphatic carbocycles. The lowest BCUT2D eigenvalue weighted by Gasteiger charge is -1.94. The second kappa shape index (κ2) is 3.48. The molecular weight excluding hydrogens is 144 g/mol. The summed E-state index contributed by atoms with van der Waals surface area (Å²) in [5.74, 6) is -0.938. The summed E-state index contributed by atoms with van der Waals surface area (Å²) in [5.41, 5.74) is 0. The SMILES string of the molecule is CC(=O)C(Cl)=C(O)CO. The largest absolute Gasteiger partial charge is 0.508 e. The molecule has 9 heavy (non-hydrogen) atoms. The number of aliphatic hydroxyl groups excluding tert-OH is 2. The van der Waals surface area contributed by atoms with Gasteiger partial charge < -0.3 is 10.2 Å². The van der Waals surface area contributed by atoms with Gasteiger partial charge >= 0.3 is 0 Å². The van der Waals surface area contributed by atoms with Crippen molar-refractivity contribution in [3.63, 3.8) is 0 Å². The number of rotatable bonds is 2. The van der Waals surface area contributed by atoms with E-state index in [1.807, 2.05) is 0 Å². The van der Waals surface area contributed by atoms with Crippen LogP contribution in [0.4, 0.5) is 0 Å². The van der Waals surface area contributed by atoms with E-state index in [0.29, 0.717) is 0 Å². The second-order valence-electron chi connectivity index (χ2n) is 1.47. The number of halogens is 1. The standard InChI is InChI=1S/C5H7ClO3/c1-3(8)5(6)4(9)2-7/h7,9H,2H2,1H3. The molecule has 0 aromatic rings. The molecule has 0 unspecified atom stereocenters. The fourth-order valence-electron chi connectivity index (χ4n) is 0.273. The Hall–Kier alpha value is -0.540. The fourth-order valence-corrected chi connectivity index (χ4v) is 0.332. The average Bonchev–Trinajstić information content (AvgIpc) is 1.84. The molecule has 3 nitrogen and oxygen atoms in total. The topological polar surface area (TPSA) is 57.5 Å². The molecule has 0 amide bonds. The van der Waals surface area contributed by atoms with E-state index in [2.05, 4.69) is 0 Å². The second-order valence-corrected chi connectivity index (χ2v) is 1.85. The minimum Gasteiger partial charge on any atom is -0.508 e. The van der Waals surface area contributed by atoms with Gasteiger partial charge in [0.15, 0.2) is 5.78 Å². The molecular formula is C5H7ClO3. The first kappa shape index (κ1) is 8.46. The third-order valence-corrected chi connectivity index (χ3v) is 1.20. The number of allylic oxidation sites excluding steroid dienone is 1. The van der Waals surface area contributed by atoms with E-state index in [4.69, 9.17) is 21.8 Å². The van der Waals surface area contributed by atoms with Crippen molar-refractivity contribution < 1.29 is 15.0 Å². The molecule has 0 fully saturated rings. The van der Waals surface area contributed by atoms with Gasteiger partial charge in [-0.3, -0.25) is 4.79 Å². The fraction of sp³-hybridized carbons (Fsp3) is 0.400.